The second kappa shape index (κ2) is 5.77. The molecule has 1 unspecified atom stereocenters. The molecule has 0 fully saturated rings. The van der Waals surface area contributed by atoms with Crippen LogP contribution in [-0.4, -0.2) is 0 Å². The first-order chi connectivity index (χ1) is 7.97. The Balaban J connectivity index is 2.72. The van der Waals surface area contributed by atoms with Crippen LogP contribution in [-0.2, 0) is 12.6 Å². The van der Waals surface area contributed by atoms with Gasteiger partial charge in [-0.05, 0) is 30.5 Å². The van der Waals surface area contributed by atoms with Crippen LogP contribution in [0.2, 0.25) is 0 Å². The van der Waals surface area contributed by atoms with E-state index >= 15 is 0 Å². The molecular weight excluding hydrogens is 225 g/mol. The Morgan fingerprint density at radius 2 is 1.82 bits per heavy atom. The van der Waals surface area contributed by atoms with E-state index in [1.807, 2.05) is 6.92 Å². The summed E-state index contributed by atoms with van der Waals surface area (Å²) in [5.41, 5.74) is 0.239. The van der Waals surface area contributed by atoms with Gasteiger partial charge in [0.15, 0.2) is 0 Å². The predicted octanol–water partition coefficient (Wildman–Crippen LogP) is 4.30. The minimum atomic E-state index is -4.27. The maximum atomic E-state index is 12.3. The Bertz CT molecular complexity index is 381. The zero-order chi connectivity index (χ0) is 12.9. The van der Waals surface area contributed by atoms with E-state index < -0.39 is 11.7 Å². The number of halogens is 3. The summed E-state index contributed by atoms with van der Waals surface area (Å²) in [4.78, 5) is 0. The van der Waals surface area contributed by atoms with Gasteiger partial charge < -0.3 is 0 Å². The summed E-state index contributed by atoms with van der Waals surface area (Å²) in [5.74, 6) is 2.78. The summed E-state index contributed by atoms with van der Waals surface area (Å²) in [5, 5.41) is 0. The number of rotatable bonds is 4. The number of hydrogen-bond acceptors (Lipinski definition) is 0. The van der Waals surface area contributed by atoms with Crippen molar-refractivity contribution >= 4 is 0 Å². The number of hydrogen-bond donors (Lipinski definition) is 0. The van der Waals surface area contributed by atoms with Crippen LogP contribution in [0.15, 0.2) is 24.3 Å². The van der Waals surface area contributed by atoms with Crippen LogP contribution >= 0.6 is 0 Å². The lowest BCUT2D eigenvalue weighted by Gasteiger charge is -2.11. The molecule has 0 heterocycles. The molecule has 0 aliphatic rings. The summed E-state index contributed by atoms with van der Waals surface area (Å²) < 4.78 is 37.0. The second-order valence-corrected chi connectivity index (χ2v) is 4.05. The highest BCUT2D eigenvalue weighted by Gasteiger charge is 2.29. The van der Waals surface area contributed by atoms with Crippen LogP contribution in [0.5, 0.6) is 0 Å². The Morgan fingerprint density at radius 3 is 2.24 bits per heavy atom. The van der Waals surface area contributed by atoms with E-state index in [2.05, 4.69) is 5.92 Å². The molecule has 0 aromatic heterocycles. The monoisotopic (exact) mass is 240 g/mol. The number of benzene rings is 1. The lowest BCUT2D eigenvalue weighted by atomic mass is 9.95. The molecule has 17 heavy (non-hydrogen) atoms. The second-order valence-electron chi connectivity index (χ2n) is 4.05. The maximum absolute atomic E-state index is 12.3. The van der Waals surface area contributed by atoms with Crippen LogP contribution in [0.3, 0.4) is 0 Å². The van der Waals surface area contributed by atoms with Crippen molar-refractivity contribution in [1.29, 1.82) is 0 Å². The Labute approximate surface area is 99.8 Å². The fourth-order valence-corrected chi connectivity index (χ4v) is 1.71. The van der Waals surface area contributed by atoms with Gasteiger partial charge in [-0.3, -0.25) is 0 Å². The highest BCUT2D eigenvalue weighted by Crippen LogP contribution is 2.29. The van der Waals surface area contributed by atoms with Gasteiger partial charge in [0.1, 0.15) is 0 Å². The van der Waals surface area contributed by atoms with Crippen molar-refractivity contribution in [2.75, 3.05) is 0 Å². The third-order valence-electron chi connectivity index (χ3n) is 2.64. The lowest BCUT2D eigenvalue weighted by Crippen LogP contribution is -2.06. The summed E-state index contributed by atoms with van der Waals surface area (Å²) >= 11 is 0. The van der Waals surface area contributed by atoms with E-state index in [1.165, 1.54) is 12.1 Å². The molecule has 3 heteroatoms. The van der Waals surface area contributed by atoms with Crippen LogP contribution in [0.25, 0.3) is 0 Å². The first kappa shape index (κ1) is 13.6. The molecule has 0 radical (unpaired) electrons. The zero-order valence-corrected chi connectivity index (χ0v) is 9.72. The fourth-order valence-electron chi connectivity index (χ4n) is 1.71. The standard InChI is InChI=1S/C14H15F3/c1-3-5-11(4-2)10-12-6-8-13(9-7-12)14(15,16)17/h2,6-9,11H,3,5,10H2,1H3. The van der Waals surface area contributed by atoms with Gasteiger partial charge in [-0.2, -0.15) is 13.2 Å². The molecule has 1 atom stereocenters. The van der Waals surface area contributed by atoms with Crippen molar-refractivity contribution in [3.63, 3.8) is 0 Å². The van der Waals surface area contributed by atoms with E-state index in [0.717, 1.165) is 30.5 Å². The van der Waals surface area contributed by atoms with Crippen molar-refractivity contribution in [1.82, 2.24) is 0 Å². The molecule has 0 nitrogen and oxygen atoms in total. The maximum Gasteiger partial charge on any atom is 0.416 e. The van der Waals surface area contributed by atoms with Crippen LogP contribution in [0.4, 0.5) is 13.2 Å². The van der Waals surface area contributed by atoms with Crippen molar-refractivity contribution in [3.8, 4) is 12.3 Å². The fraction of sp³-hybridized carbons (Fsp3) is 0.429. The molecule has 0 amide bonds. The van der Waals surface area contributed by atoms with Gasteiger partial charge in [0, 0.05) is 5.92 Å². The minimum Gasteiger partial charge on any atom is -0.166 e. The van der Waals surface area contributed by atoms with Gasteiger partial charge in [-0.1, -0.05) is 25.5 Å². The van der Waals surface area contributed by atoms with Crippen LogP contribution < -0.4 is 0 Å². The SMILES string of the molecule is C#CC(CCC)Cc1ccc(C(F)(F)F)cc1. The largest absolute Gasteiger partial charge is 0.416 e. The summed E-state index contributed by atoms with van der Waals surface area (Å²) in [7, 11) is 0. The molecular formula is C14H15F3. The van der Waals surface area contributed by atoms with E-state index in [0.29, 0.717) is 6.42 Å². The summed E-state index contributed by atoms with van der Waals surface area (Å²) in [6, 6.07) is 5.22. The molecule has 0 aliphatic carbocycles. The molecule has 0 bridgehead atoms. The Morgan fingerprint density at radius 1 is 1.24 bits per heavy atom. The van der Waals surface area contributed by atoms with E-state index in [1.54, 1.807) is 0 Å². The topological polar surface area (TPSA) is 0 Å². The molecule has 0 N–H and O–H groups in total. The molecule has 1 aromatic carbocycles. The van der Waals surface area contributed by atoms with Gasteiger partial charge >= 0.3 is 6.18 Å². The van der Waals surface area contributed by atoms with Gasteiger partial charge in [0.25, 0.3) is 0 Å². The first-order valence-electron chi connectivity index (χ1n) is 5.59. The summed E-state index contributed by atoms with van der Waals surface area (Å²) in [6.45, 7) is 2.04. The lowest BCUT2D eigenvalue weighted by molar-refractivity contribution is -0.137. The highest BCUT2D eigenvalue weighted by molar-refractivity contribution is 5.25. The number of terminal acetylenes is 1. The minimum absolute atomic E-state index is 0.108. The van der Waals surface area contributed by atoms with Crippen molar-refractivity contribution in [2.45, 2.75) is 32.4 Å². The molecule has 0 saturated heterocycles. The third kappa shape index (κ3) is 4.14. The molecule has 0 spiro atoms. The normalized spacial score (nSPS) is 13.1. The molecule has 92 valence electrons. The molecule has 1 rings (SSSR count). The van der Waals surface area contributed by atoms with E-state index in [-0.39, 0.29) is 5.92 Å². The van der Waals surface area contributed by atoms with Crippen LogP contribution in [0, 0.1) is 18.3 Å². The smallest absolute Gasteiger partial charge is 0.166 e. The molecule has 0 aliphatic heterocycles. The average Bonchev–Trinajstić information content (AvgIpc) is 2.28. The quantitative estimate of drug-likeness (QED) is 0.688. The van der Waals surface area contributed by atoms with Crippen molar-refractivity contribution in [3.05, 3.63) is 35.4 Å². The zero-order valence-electron chi connectivity index (χ0n) is 9.72. The van der Waals surface area contributed by atoms with E-state index in [4.69, 9.17) is 6.42 Å². The van der Waals surface area contributed by atoms with Gasteiger partial charge in [0.05, 0.1) is 5.56 Å². The van der Waals surface area contributed by atoms with Gasteiger partial charge in [0.2, 0.25) is 0 Å². The summed E-state index contributed by atoms with van der Waals surface area (Å²) in [6.07, 6.45) is 3.63. The van der Waals surface area contributed by atoms with Gasteiger partial charge in [-0.15, -0.1) is 12.3 Å². The molecule has 0 saturated carbocycles. The predicted molar refractivity (Wildman–Crippen MR) is 62.4 cm³/mol. The van der Waals surface area contributed by atoms with Crippen LogP contribution in [0.1, 0.15) is 30.9 Å². The molecule has 1 aromatic rings. The Hall–Kier alpha value is -1.43. The van der Waals surface area contributed by atoms with E-state index in [9.17, 15) is 13.2 Å². The van der Waals surface area contributed by atoms with Crippen molar-refractivity contribution in [2.24, 2.45) is 5.92 Å². The first-order valence-corrected chi connectivity index (χ1v) is 5.59. The average molecular weight is 240 g/mol. The third-order valence-corrected chi connectivity index (χ3v) is 2.64. The number of alkyl halides is 3. The van der Waals surface area contributed by atoms with Crippen molar-refractivity contribution < 1.29 is 13.2 Å². The Kier molecular flexibility index (Phi) is 4.62. The van der Waals surface area contributed by atoms with Gasteiger partial charge in [-0.25, -0.2) is 0 Å². The highest BCUT2D eigenvalue weighted by atomic mass is 19.4.